The van der Waals surface area contributed by atoms with Crippen LogP contribution in [0.15, 0.2) is 24.3 Å². The summed E-state index contributed by atoms with van der Waals surface area (Å²) >= 11 is 0. The van der Waals surface area contributed by atoms with E-state index in [-0.39, 0.29) is 11.9 Å². The molecule has 0 aromatic heterocycles. The highest BCUT2D eigenvalue weighted by atomic mass is 16.5. The summed E-state index contributed by atoms with van der Waals surface area (Å²) < 4.78 is 5.37. The van der Waals surface area contributed by atoms with Crippen LogP contribution in [0.25, 0.3) is 0 Å². The Balaban J connectivity index is 1.83. The molecule has 1 N–H and O–H groups in total. The number of carbonyl (C=O) groups excluding carboxylic acids is 1. The third-order valence-electron chi connectivity index (χ3n) is 5.29. The van der Waals surface area contributed by atoms with Crippen molar-refractivity contribution < 1.29 is 19.4 Å². The Hall–Kier alpha value is -1.92. The smallest absolute Gasteiger partial charge is 0.308 e. The van der Waals surface area contributed by atoms with Gasteiger partial charge in [0.25, 0.3) is 0 Å². The molecule has 2 aliphatic heterocycles. The Morgan fingerprint density at radius 3 is 2.64 bits per heavy atom. The fourth-order valence-corrected chi connectivity index (χ4v) is 3.85. The minimum Gasteiger partial charge on any atom is -0.481 e. The highest BCUT2D eigenvalue weighted by Gasteiger charge is 2.41. The van der Waals surface area contributed by atoms with Gasteiger partial charge in [-0.25, -0.2) is 0 Å². The van der Waals surface area contributed by atoms with Gasteiger partial charge in [0.1, 0.15) is 0 Å². The number of morpholine rings is 1. The van der Waals surface area contributed by atoms with Crippen LogP contribution >= 0.6 is 0 Å². The van der Waals surface area contributed by atoms with Gasteiger partial charge in [0.15, 0.2) is 0 Å². The van der Waals surface area contributed by atoms with Gasteiger partial charge in [-0.15, -0.1) is 0 Å². The summed E-state index contributed by atoms with van der Waals surface area (Å²) in [6, 6.07) is 7.41. The fourth-order valence-electron chi connectivity index (χ4n) is 3.85. The van der Waals surface area contributed by atoms with Crippen LogP contribution in [0.2, 0.25) is 0 Å². The van der Waals surface area contributed by atoms with E-state index >= 15 is 0 Å². The van der Waals surface area contributed by atoms with Crippen molar-refractivity contribution in [2.45, 2.75) is 25.8 Å². The monoisotopic (exact) mass is 346 g/mol. The molecular weight excluding hydrogens is 320 g/mol. The summed E-state index contributed by atoms with van der Waals surface area (Å²) in [7, 11) is 0. The lowest BCUT2D eigenvalue weighted by molar-refractivity contribution is -0.152. The van der Waals surface area contributed by atoms with Crippen LogP contribution in [0.3, 0.4) is 0 Å². The first kappa shape index (κ1) is 17.9. The molecule has 0 aliphatic carbocycles. The normalized spacial score (nSPS) is 25.2. The summed E-state index contributed by atoms with van der Waals surface area (Å²) in [6.45, 7) is 6.44. The number of carboxylic acid groups (broad SMARTS) is 1. The molecule has 2 saturated heterocycles. The van der Waals surface area contributed by atoms with Crippen LogP contribution in [0.5, 0.6) is 0 Å². The molecular formula is C19H26N2O4. The van der Waals surface area contributed by atoms with E-state index < -0.39 is 11.9 Å². The largest absolute Gasteiger partial charge is 0.481 e. The predicted molar refractivity (Wildman–Crippen MR) is 93.3 cm³/mol. The van der Waals surface area contributed by atoms with Gasteiger partial charge < -0.3 is 14.7 Å². The number of carbonyl (C=O) groups is 2. The second-order valence-electron chi connectivity index (χ2n) is 6.83. The molecule has 6 heteroatoms. The Labute approximate surface area is 148 Å². The number of carboxylic acids is 1. The molecule has 136 valence electrons. The van der Waals surface area contributed by atoms with Crippen molar-refractivity contribution in [1.82, 2.24) is 9.80 Å². The summed E-state index contributed by atoms with van der Waals surface area (Å²) in [6.07, 6.45) is 0.712. The van der Waals surface area contributed by atoms with E-state index in [2.05, 4.69) is 4.90 Å². The molecule has 0 unspecified atom stereocenters. The van der Waals surface area contributed by atoms with Gasteiger partial charge in [0.05, 0.1) is 25.2 Å². The third kappa shape index (κ3) is 4.02. The van der Waals surface area contributed by atoms with E-state index in [9.17, 15) is 14.7 Å². The van der Waals surface area contributed by atoms with E-state index in [1.165, 1.54) is 0 Å². The van der Waals surface area contributed by atoms with Crippen molar-refractivity contribution in [1.29, 1.82) is 0 Å². The van der Waals surface area contributed by atoms with Gasteiger partial charge in [0, 0.05) is 32.6 Å². The average Bonchev–Trinajstić information content (AvgIpc) is 2.61. The molecule has 0 spiro atoms. The van der Waals surface area contributed by atoms with Gasteiger partial charge in [-0.05, 0) is 24.5 Å². The van der Waals surface area contributed by atoms with E-state index in [0.717, 1.165) is 30.8 Å². The SMILES string of the molecule is Cc1ccccc1[C@@H]1[C@H](C(=O)O)CCC(=O)N1CCN1CCOCC1. The fraction of sp³-hybridized carbons (Fsp3) is 0.579. The number of likely N-dealkylation sites (tertiary alicyclic amines) is 1. The van der Waals surface area contributed by atoms with Gasteiger partial charge in [-0.3, -0.25) is 14.5 Å². The maximum absolute atomic E-state index is 12.6. The van der Waals surface area contributed by atoms with Crippen LogP contribution in [-0.4, -0.2) is 66.2 Å². The van der Waals surface area contributed by atoms with Crippen molar-refractivity contribution in [3.8, 4) is 0 Å². The lowest BCUT2D eigenvalue weighted by atomic mass is 9.82. The van der Waals surface area contributed by atoms with Crippen LogP contribution in [0.4, 0.5) is 0 Å². The maximum Gasteiger partial charge on any atom is 0.308 e. The van der Waals surface area contributed by atoms with Crippen LogP contribution in [0, 0.1) is 12.8 Å². The molecule has 6 nitrogen and oxygen atoms in total. The molecule has 3 rings (SSSR count). The summed E-state index contributed by atoms with van der Waals surface area (Å²) in [5.74, 6) is -1.32. The molecule has 2 heterocycles. The van der Waals surface area contributed by atoms with Crippen molar-refractivity contribution in [2.24, 2.45) is 5.92 Å². The molecule has 1 aromatic carbocycles. The quantitative estimate of drug-likeness (QED) is 0.879. The lowest BCUT2D eigenvalue weighted by Gasteiger charge is -2.41. The van der Waals surface area contributed by atoms with E-state index in [1.54, 1.807) is 4.90 Å². The van der Waals surface area contributed by atoms with Crippen LogP contribution in [-0.2, 0) is 14.3 Å². The number of hydrogen-bond donors (Lipinski definition) is 1. The zero-order valence-corrected chi connectivity index (χ0v) is 14.7. The van der Waals surface area contributed by atoms with Gasteiger partial charge in [-0.2, -0.15) is 0 Å². The zero-order chi connectivity index (χ0) is 17.8. The van der Waals surface area contributed by atoms with Crippen LogP contribution < -0.4 is 0 Å². The average molecular weight is 346 g/mol. The Kier molecular flexibility index (Phi) is 5.71. The van der Waals surface area contributed by atoms with E-state index in [4.69, 9.17) is 4.74 Å². The molecule has 0 radical (unpaired) electrons. The Morgan fingerprint density at radius 1 is 1.24 bits per heavy atom. The number of piperidine rings is 1. The minimum atomic E-state index is -0.822. The summed E-state index contributed by atoms with van der Waals surface area (Å²) in [5, 5.41) is 9.72. The molecule has 2 fully saturated rings. The maximum atomic E-state index is 12.6. The molecule has 0 saturated carbocycles. The molecule has 1 amide bonds. The minimum absolute atomic E-state index is 0.0546. The predicted octanol–water partition coefficient (Wildman–Crippen LogP) is 1.69. The number of aryl methyl sites for hydroxylation is 1. The highest BCUT2D eigenvalue weighted by Crippen LogP contribution is 2.38. The number of ether oxygens (including phenoxy) is 1. The zero-order valence-electron chi connectivity index (χ0n) is 14.7. The Bertz CT molecular complexity index is 628. The van der Waals surface area contributed by atoms with Gasteiger partial charge >= 0.3 is 5.97 Å². The second kappa shape index (κ2) is 7.97. The number of benzene rings is 1. The van der Waals surface area contributed by atoms with Crippen molar-refractivity contribution >= 4 is 11.9 Å². The highest BCUT2D eigenvalue weighted by molar-refractivity contribution is 5.82. The molecule has 2 atom stereocenters. The first-order valence-corrected chi connectivity index (χ1v) is 8.96. The first-order valence-electron chi connectivity index (χ1n) is 8.96. The number of hydrogen-bond acceptors (Lipinski definition) is 4. The van der Waals surface area contributed by atoms with Crippen molar-refractivity contribution in [3.05, 3.63) is 35.4 Å². The third-order valence-corrected chi connectivity index (χ3v) is 5.29. The second-order valence-corrected chi connectivity index (χ2v) is 6.83. The van der Waals surface area contributed by atoms with Crippen LogP contribution in [0.1, 0.15) is 30.0 Å². The van der Waals surface area contributed by atoms with Gasteiger partial charge in [-0.1, -0.05) is 24.3 Å². The topological polar surface area (TPSA) is 70.1 Å². The summed E-state index contributed by atoms with van der Waals surface area (Å²) in [4.78, 5) is 28.5. The number of rotatable bonds is 5. The lowest BCUT2D eigenvalue weighted by Crippen LogP contribution is -2.49. The van der Waals surface area contributed by atoms with Gasteiger partial charge in [0.2, 0.25) is 5.91 Å². The summed E-state index contributed by atoms with van der Waals surface area (Å²) in [5.41, 5.74) is 1.98. The van der Waals surface area contributed by atoms with E-state index in [1.807, 2.05) is 31.2 Å². The molecule has 0 bridgehead atoms. The standard InChI is InChI=1S/C19H26N2O4/c1-14-4-2-3-5-15(14)18-16(19(23)24)6-7-17(22)21(18)9-8-20-10-12-25-13-11-20/h2-5,16,18H,6-13H2,1H3,(H,23,24)/t16-,18-/m1/s1. The van der Waals surface area contributed by atoms with Crippen molar-refractivity contribution in [3.63, 3.8) is 0 Å². The molecule has 2 aliphatic rings. The van der Waals surface area contributed by atoms with Crippen molar-refractivity contribution in [2.75, 3.05) is 39.4 Å². The number of nitrogens with zero attached hydrogens (tertiary/aromatic N) is 2. The van der Waals surface area contributed by atoms with E-state index in [0.29, 0.717) is 32.6 Å². The number of aliphatic carboxylic acids is 1. The Morgan fingerprint density at radius 2 is 1.96 bits per heavy atom. The molecule has 25 heavy (non-hydrogen) atoms. The molecule has 1 aromatic rings. The first-order chi connectivity index (χ1) is 12.1. The number of amides is 1.